The molecule has 5 nitrogen and oxygen atoms in total. The summed E-state index contributed by atoms with van der Waals surface area (Å²) in [5, 5.41) is 4.96. The van der Waals surface area contributed by atoms with Gasteiger partial charge in [0.15, 0.2) is 6.10 Å². The zero-order valence-electron chi connectivity index (χ0n) is 15.3. The molecule has 1 atom stereocenters. The van der Waals surface area contributed by atoms with Crippen LogP contribution in [0.2, 0.25) is 5.02 Å². The van der Waals surface area contributed by atoms with Crippen molar-refractivity contribution in [3.05, 3.63) is 59.2 Å². The average Bonchev–Trinajstić information content (AvgIpc) is 3.17. The number of nitrogens with one attached hydrogen (secondary N) is 1. The van der Waals surface area contributed by atoms with E-state index in [-0.39, 0.29) is 5.91 Å². The summed E-state index contributed by atoms with van der Waals surface area (Å²) in [6.45, 7) is 3.09. The van der Waals surface area contributed by atoms with Crippen molar-refractivity contribution in [2.24, 2.45) is 0 Å². The number of carbonyl (C=O) groups excluding carboxylic acids is 1. The molecule has 0 bridgehead atoms. The van der Waals surface area contributed by atoms with E-state index >= 15 is 0 Å². The van der Waals surface area contributed by atoms with E-state index in [0.29, 0.717) is 11.4 Å². The van der Waals surface area contributed by atoms with E-state index in [1.54, 1.807) is 6.20 Å². The van der Waals surface area contributed by atoms with Gasteiger partial charge in [-0.25, -0.2) is 0 Å². The van der Waals surface area contributed by atoms with E-state index in [2.05, 4.69) is 10.3 Å². The molecular weight excluding hydrogens is 374 g/mol. The zero-order chi connectivity index (χ0) is 19.1. The molecule has 2 aliphatic rings. The van der Waals surface area contributed by atoms with Crippen molar-refractivity contribution in [2.45, 2.75) is 12.5 Å². The minimum absolute atomic E-state index is 0.0550. The van der Waals surface area contributed by atoms with Crippen LogP contribution in [0.15, 0.2) is 48.7 Å². The third-order valence-electron chi connectivity index (χ3n) is 5.44. The molecule has 142 valence electrons. The highest BCUT2D eigenvalue weighted by Gasteiger charge is 2.35. The van der Waals surface area contributed by atoms with Gasteiger partial charge in [-0.2, -0.15) is 0 Å². The molecular formula is C22H20ClN3O2. The van der Waals surface area contributed by atoms with E-state index < -0.39 is 6.10 Å². The van der Waals surface area contributed by atoms with Gasteiger partial charge in [0, 0.05) is 60.3 Å². The maximum atomic E-state index is 12.9. The number of hydrogen-bond donors (Lipinski definition) is 1. The standard InChI is InChI=1S/C22H20ClN3O2/c23-15-11-14-12-20(22(27)26-9-7-24-8-10-26)28-21(14)18(13-15)16-5-6-25-19-4-2-1-3-17(16)19/h1-6,11,13,20,24H,7-10,12H2/t20-/m1/s1. The maximum Gasteiger partial charge on any atom is 0.264 e. The molecule has 0 aliphatic carbocycles. The first-order valence-electron chi connectivity index (χ1n) is 9.53. The molecule has 5 rings (SSSR count). The SMILES string of the molecule is O=C([C@H]1Cc2cc(Cl)cc(-c3ccnc4ccccc34)c2O1)N1CCNCC1. The minimum Gasteiger partial charge on any atom is -0.479 e. The second-order valence-electron chi connectivity index (χ2n) is 7.20. The van der Waals surface area contributed by atoms with E-state index in [1.165, 1.54) is 0 Å². The molecule has 0 unspecified atom stereocenters. The predicted molar refractivity (Wildman–Crippen MR) is 110 cm³/mol. The molecule has 1 fully saturated rings. The molecule has 6 heteroatoms. The summed E-state index contributed by atoms with van der Waals surface area (Å²) in [5.41, 5.74) is 3.83. The molecule has 2 aliphatic heterocycles. The molecule has 1 aromatic heterocycles. The van der Waals surface area contributed by atoms with Crippen LogP contribution in [0.5, 0.6) is 5.75 Å². The number of amides is 1. The Bertz CT molecular complexity index is 1060. The third-order valence-corrected chi connectivity index (χ3v) is 5.66. The number of halogens is 1. The second-order valence-corrected chi connectivity index (χ2v) is 7.64. The van der Waals surface area contributed by atoms with Gasteiger partial charge < -0.3 is 15.0 Å². The Labute approximate surface area is 168 Å². The van der Waals surface area contributed by atoms with Crippen LogP contribution in [0.25, 0.3) is 22.0 Å². The molecule has 0 radical (unpaired) electrons. The van der Waals surface area contributed by atoms with Crippen molar-refractivity contribution in [1.29, 1.82) is 0 Å². The highest BCUT2D eigenvalue weighted by Crippen LogP contribution is 2.43. The van der Waals surface area contributed by atoms with Crippen LogP contribution in [-0.2, 0) is 11.2 Å². The van der Waals surface area contributed by atoms with E-state index in [1.807, 2.05) is 47.4 Å². The highest BCUT2D eigenvalue weighted by molar-refractivity contribution is 6.31. The molecule has 0 saturated carbocycles. The van der Waals surface area contributed by atoms with Crippen LogP contribution >= 0.6 is 11.6 Å². The van der Waals surface area contributed by atoms with Crippen LogP contribution in [-0.4, -0.2) is 48.1 Å². The fourth-order valence-electron chi connectivity index (χ4n) is 4.08. The molecule has 2 aromatic carbocycles. The number of aromatic nitrogens is 1. The lowest BCUT2D eigenvalue weighted by molar-refractivity contribution is -0.138. The largest absolute Gasteiger partial charge is 0.479 e. The van der Waals surface area contributed by atoms with Gasteiger partial charge in [-0.3, -0.25) is 9.78 Å². The Balaban J connectivity index is 1.54. The van der Waals surface area contributed by atoms with Gasteiger partial charge in [0.2, 0.25) is 0 Å². The Kier molecular flexibility index (Phi) is 4.41. The van der Waals surface area contributed by atoms with Gasteiger partial charge >= 0.3 is 0 Å². The summed E-state index contributed by atoms with van der Waals surface area (Å²) in [4.78, 5) is 19.3. The van der Waals surface area contributed by atoms with Crippen molar-refractivity contribution >= 4 is 28.4 Å². The molecule has 1 N–H and O–H groups in total. The summed E-state index contributed by atoms with van der Waals surface area (Å²) in [6.07, 6.45) is 1.86. The predicted octanol–water partition coefficient (Wildman–Crippen LogP) is 3.29. The topological polar surface area (TPSA) is 54.5 Å². The van der Waals surface area contributed by atoms with Gasteiger partial charge in [0.1, 0.15) is 5.75 Å². The smallest absolute Gasteiger partial charge is 0.264 e. The fraction of sp³-hybridized carbons (Fsp3) is 0.273. The number of rotatable bonds is 2. The fourth-order valence-corrected chi connectivity index (χ4v) is 4.32. The monoisotopic (exact) mass is 393 g/mol. The number of hydrogen-bond acceptors (Lipinski definition) is 4. The Morgan fingerprint density at radius 3 is 2.82 bits per heavy atom. The summed E-state index contributed by atoms with van der Waals surface area (Å²) < 4.78 is 6.22. The number of carbonyl (C=O) groups is 1. The van der Waals surface area contributed by atoms with Gasteiger partial charge in [0.25, 0.3) is 5.91 Å². The molecule has 1 amide bonds. The maximum absolute atomic E-state index is 12.9. The lowest BCUT2D eigenvalue weighted by Crippen LogP contribution is -2.50. The summed E-state index contributed by atoms with van der Waals surface area (Å²) in [5.74, 6) is 0.814. The summed E-state index contributed by atoms with van der Waals surface area (Å²) >= 11 is 6.43. The van der Waals surface area contributed by atoms with Gasteiger partial charge in [-0.1, -0.05) is 29.8 Å². The van der Waals surface area contributed by atoms with Crippen LogP contribution in [0.1, 0.15) is 5.56 Å². The molecule has 28 heavy (non-hydrogen) atoms. The zero-order valence-corrected chi connectivity index (χ0v) is 16.1. The average molecular weight is 394 g/mol. The summed E-state index contributed by atoms with van der Waals surface area (Å²) in [7, 11) is 0. The third kappa shape index (κ3) is 3.01. The van der Waals surface area contributed by atoms with Gasteiger partial charge in [-0.05, 0) is 29.8 Å². The van der Waals surface area contributed by atoms with Crippen molar-refractivity contribution < 1.29 is 9.53 Å². The molecule has 3 heterocycles. The van der Waals surface area contributed by atoms with Crippen LogP contribution in [0.4, 0.5) is 0 Å². The number of pyridine rings is 1. The molecule has 3 aromatic rings. The van der Waals surface area contributed by atoms with Crippen molar-refractivity contribution in [2.75, 3.05) is 26.2 Å². The summed E-state index contributed by atoms with van der Waals surface area (Å²) in [6, 6.07) is 13.8. The van der Waals surface area contributed by atoms with E-state index in [9.17, 15) is 4.79 Å². The lowest BCUT2D eigenvalue weighted by Gasteiger charge is -2.29. The molecule has 0 spiro atoms. The Morgan fingerprint density at radius 1 is 1.14 bits per heavy atom. The Morgan fingerprint density at radius 2 is 1.96 bits per heavy atom. The number of ether oxygens (including phenoxy) is 1. The van der Waals surface area contributed by atoms with Gasteiger partial charge in [-0.15, -0.1) is 0 Å². The quantitative estimate of drug-likeness (QED) is 0.726. The van der Waals surface area contributed by atoms with Crippen LogP contribution in [0.3, 0.4) is 0 Å². The van der Waals surface area contributed by atoms with Crippen molar-refractivity contribution in [3.8, 4) is 16.9 Å². The van der Waals surface area contributed by atoms with Crippen molar-refractivity contribution in [1.82, 2.24) is 15.2 Å². The van der Waals surface area contributed by atoms with Crippen molar-refractivity contribution in [3.63, 3.8) is 0 Å². The second kappa shape index (κ2) is 7.08. The van der Waals surface area contributed by atoms with Gasteiger partial charge in [0.05, 0.1) is 5.52 Å². The highest BCUT2D eigenvalue weighted by atomic mass is 35.5. The lowest BCUT2D eigenvalue weighted by atomic mass is 9.97. The van der Waals surface area contributed by atoms with E-state index in [0.717, 1.165) is 59.5 Å². The van der Waals surface area contributed by atoms with E-state index in [4.69, 9.17) is 16.3 Å². The Hall–Kier alpha value is -2.63. The number of benzene rings is 2. The van der Waals surface area contributed by atoms with Crippen LogP contribution in [0, 0.1) is 0 Å². The first kappa shape index (κ1) is 17.5. The minimum atomic E-state index is -0.488. The molecule has 1 saturated heterocycles. The number of piperazine rings is 1. The first-order chi connectivity index (χ1) is 13.7. The number of nitrogens with zero attached hydrogens (tertiary/aromatic N) is 2. The van der Waals surface area contributed by atoms with Crippen LogP contribution < -0.4 is 10.1 Å². The first-order valence-corrected chi connectivity index (χ1v) is 9.91. The number of fused-ring (bicyclic) bond motifs is 2. The normalized spacial score (nSPS) is 18.8. The number of para-hydroxylation sites is 1.